The number of aromatic nitrogens is 1. The van der Waals surface area contributed by atoms with E-state index in [9.17, 15) is 9.59 Å². The van der Waals surface area contributed by atoms with E-state index in [4.69, 9.17) is 9.15 Å². The highest BCUT2D eigenvalue weighted by molar-refractivity contribution is 5.94. The van der Waals surface area contributed by atoms with Crippen molar-refractivity contribution >= 4 is 17.8 Å². The van der Waals surface area contributed by atoms with Gasteiger partial charge in [-0.3, -0.25) is 14.9 Å². The fourth-order valence-corrected chi connectivity index (χ4v) is 2.49. The van der Waals surface area contributed by atoms with Crippen molar-refractivity contribution in [3.63, 3.8) is 0 Å². The summed E-state index contributed by atoms with van der Waals surface area (Å²) in [4.78, 5) is 29.7. The zero-order valence-corrected chi connectivity index (χ0v) is 12.2. The first-order valence-electron chi connectivity index (χ1n) is 7.24. The van der Waals surface area contributed by atoms with Crippen LogP contribution in [0, 0.1) is 5.92 Å². The van der Waals surface area contributed by atoms with E-state index < -0.39 is 0 Å². The lowest BCUT2D eigenvalue weighted by Gasteiger charge is -2.34. The summed E-state index contributed by atoms with van der Waals surface area (Å²) < 4.78 is 10.8. The molecule has 2 amide bonds. The number of hydrogen-bond donors (Lipinski definition) is 1. The molecule has 3 rings (SSSR count). The molecule has 1 N–H and O–H groups in total. The second-order valence-electron chi connectivity index (χ2n) is 5.77. The van der Waals surface area contributed by atoms with Gasteiger partial charge in [-0.1, -0.05) is 0 Å². The highest BCUT2D eigenvalue weighted by Gasteiger charge is 2.31. The van der Waals surface area contributed by atoms with E-state index in [0.29, 0.717) is 13.1 Å². The van der Waals surface area contributed by atoms with Crippen molar-refractivity contribution in [2.24, 2.45) is 5.92 Å². The zero-order valence-electron chi connectivity index (χ0n) is 12.2. The summed E-state index contributed by atoms with van der Waals surface area (Å²) in [6.07, 6.45) is 3.09. The fraction of sp³-hybridized carbons (Fsp3) is 0.643. The maximum absolute atomic E-state index is 12.4. The minimum absolute atomic E-state index is 0.00126. The zero-order chi connectivity index (χ0) is 15.0. The highest BCUT2D eigenvalue weighted by atomic mass is 16.5. The summed E-state index contributed by atoms with van der Waals surface area (Å²) in [6, 6.07) is 0.0876. The molecular formula is C14H19N3O4. The van der Waals surface area contributed by atoms with E-state index in [1.807, 2.05) is 13.8 Å². The van der Waals surface area contributed by atoms with Crippen LogP contribution in [0.3, 0.4) is 0 Å². The third kappa shape index (κ3) is 3.24. The molecule has 2 atom stereocenters. The van der Waals surface area contributed by atoms with Gasteiger partial charge in [-0.25, -0.2) is 0 Å². The van der Waals surface area contributed by atoms with Gasteiger partial charge in [-0.2, -0.15) is 4.98 Å². The van der Waals surface area contributed by atoms with Gasteiger partial charge in [-0.15, -0.1) is 0 Å². The summed E-state index contributed by atoms with van der Waals surface area (Å²) in [5, 5.41) is 2.59. The standard InChI is InChI=1S/C14H19N3O4/c1-8-5-17(6-9(2)21-8)13(19)11-7-20-14(15-11)16-12(18)10-3-4-10/h7-10H,3-6H2,1-2H3,(H,15,16,18). The minimum atomic E-state index is -0.201. The quantitative estimate of drug-likeness (QED) is 0.907. The molecule has 1 aromatic rings. The Morgan fingerprint density at radius 3 is 2.57 bits per heavy atom. The Balaban J connectivity index is 1.64. The fourth-order valence-electron chi connectivity index (χ4n) is 2.49. The van der Waals surface area contributed by atoms with E-state index in [-0.39, 0.29) is 41.6 Å². The van der Waals surface area contributed by atoms with Crippen molar-refractivity contribution in [2.45, 2.75) is 38.9 Å². The van der Waals surface area contributed by atoms with E-state index >= 15 is 0 Å². The second kappa shape index (κ2) is 5.48. The lowest BCUT2D eigenvalue weighted by molar-refractivity contribution is -0.117. The number of amides is 2. The number of anilines is 1. The number of carbonyl (C=O) groups is 2. The van der Waals surface area contributed by atoms with Crippen molar-refractivity contribution in [3.05, 3.63) is 12.0 Å². The molecule has 2 aliphatic rings. The third-order valence-electron chi connectivity index (χ3n) is 3.61. The molecular weight excluding hydrogens is 274 g/mol. The molecule has 7 nitrogen and oxygen atoms in total. The average Bonchev–Trinajstić information content (AvgIpc) is 3.18. The van der Waals surface area contributed by atoms with Crippen LogP contribution in [-0.2, 0) is 9.53 Å². The van der Waals surface area contributed by atoms with E-state index in [0.717, 1.165) is 12.8 Å². The van der Waals surface area contributed by atoms with Gasteiger partial charge in [0, 0.05) is 19.0 Å². The van der Waals surface area contributed by atoms with E-state index in [1.54, 1.807) is 4.90 Å². The summed E-state index contributed by atoms with van der Waals surface area (Å²) >= 11 is 0. The lowest BCUT2D eigenvalue weighted by atomic mass is 10.2. The number of hydrogen-bond acceptors (Lipinski definition) is 5. The minimum Gasteiger partial charge on any atom is -0.431 e. The third-order valence-corrected chi connectivity index (χ3v) is 3.61. The van der Waals surface area contributed by atoms with Crippen LogP contribution in [0.5, 0.6) is 0 Å². The van der Waals surface area contributed by atoms with Crippen molar-refractivity contribution in [1.82, 2.24) is 9.88 Å². The first kappa shape index (κ1) is 14.1. The Bertz CT molecular complexity index is 542. The first-order chi connectivity index (χ1) is 10.0. The number of carbonyl (C=O) groups excluding carboxylic acids is 2. The van der Waals surface area contributed by atoms with Crippen molar-refractivity contribution < 1.29 is 18.7 Å². The summed E-state index contributed by atoms with van der Waals surface area (Å²) in [6.45, 7) is 4.92. The van der Waals surface area contributed by atoms with Gasteiger partial charge >= 0.3 is 6.01 Å². The molecule has 0 spiro atoms. The van der Waals surface area contributed by atoms with Gasteiger partial charge < -0.3 is 14.1 Å². The molecule has 21 heavy (non-hydrogen) atoms. The average molecular weight is 293 g/mol. The van der Waals surface area contributed by atoms with E-state index in [1.165, 1.54) is 6.26 Å². The van der Waals surface area contributed by atoms with Crippen LogP contribution in [0.2, 0.25) is 0 Å². The second-order valence-corrected chi connectivity index (χ2v) is 5.77. The maximum Gasteiger partial charge on any atom is 0.302 e. The molecule has 0 aromatic carbocycles. The summed E-state index contributed by atoms with van der Waals surface area (Å²) in [5.41, 5.74) is 0.211. The largest absolute Gasteiger partial charge is 0.431 e. The molecule has 2 heterocycles. The molecule has 2 fully saturated rings. The Morgan fingerprint density at radius 1 is 1.29 bits per heavy atom. The van der Waals surface area contributed by atoms with Gasteiger partial charge in [-0.05, 0) is 26.7 Å². The Morgan fingerprint density at radius 2 is 1.95 bits per heavy atom. The van der Waals surface area contributed by atoms with Crippen molar-refractivity contribution in [3.8, 4) is 0 Å². The number of nitrogens with one attached hydrogen (secondary N) is 1. The smallest absolute Gasteiger partial charge is 0.302 e. The van der Waals surface area contributed by atoms with Gasteiger partial charge in [0.1, 0.15) is 6.26 Å². The number of morpholine rings is 1. The molecule has 0 bridgehead atoms. The van der Waals surface area contributed by atoms with Gasteiger partial charge in [0.15, 0.2) is 5.69 Å². The van der Waals surface area contributed by atoms with Crippen LogP contribution in [0.15, 0.2) is 10.7 Å². The van der Waals surface area contributed by atoms with Crippen LogP contribution in [-0.4, -0.2) is 47.0 Å². The number of rotatable bonds is 3. The molecule has 1 aromatic heterocycles. The van der Waals surface area contributed by atoms with Crippen molar-refractivity contribution in [1.29, 1.82) is 0 Å². The molecule has 114 valence electrons. The lowest BCUT2D eigenvalue weighted by Crippen LogP contribution is -2.48. The maximum atomic E-state index is 12.4. The van der Waals surface area contributed by atoms with Gasteiger partial charge in [0.05, 0.1) is 12.2 Å². The predicted octanol–water partition coefficient (Wildman–Crippen LogP) is 1.27. The molecule has 1 aliphatic heterocycles. The summed E-state index contributed by atoms with van der Waals surface area (Å²) in [7, 11) is 0. The van der Waals surface area contributed by atoms with Crippen LogP contribution in [0.25, 0.3) is 0 Å². The monoisotopic (exact) mass is 293 g/mol. The van der Waals surface area contributed by atoms with Gasteiger partial charge in [0.2, 0.25) is 5.91 Å². The number of oxazole rings is 1. The normalized spacial score (nSPS) is 25.7. The van der Waals surface area contributed by atoms with Crippen molar-refractivity contribution in [2.75, 3.05) is 18.4 Å². The summed E-state index contributed by atoms with van der Waals surface area (Å²) in [5.74, 6) is -0.228. The van der Waals surface area contributed by atoms with E-state index in [2.05, 4.69) is 10.3 Å². The van der Waals surface area contributed by atoms with Gasteiger partial charge in [0.25, 0.3) is 5.91 Å². The molecule has 0 radical (unpaired) electrons. The van der Waals surface area contributed by atoms with Crippen LogP contribution >= 0.6 is 0 Å². The number of nitrogens with zero attached hydrogens (tertiary/aromatic N) is 2. The molecule has 1 aliphatic carbocycles. The molecule has 1 saturated heterocycles. The topological polar surface area (TPSA) is 84.7 Å². The Labute approximate surface area is 122 Å². The predicted molar refractivity (Wildman–Crippen MR) is 73.8 cm³/mol. The first-order valence-corrected chi connectivity index (χ1v) is 7.24. The Hall–Kier alpha value is -1.89. The number of ether oxygens (including phenoxy) is 1. The highest BCUT2D eigenvalue weighted by Crippen LogP contribution is 2.30. The molecule has 7 heteroatoms. The van der Waals surface area contributed by atoms with Crippen LogP contribution in [0.4, 0.5) is 6.01 Å². The molecule has 2 unspecified atom stereocenters. The Kier molecular flexibility index (Phi) is 3.67. The molecule has 1 saturated carbocycles. The van der Waals surface area contributed by atoms with Crippen LogP contribution in [0.1, 0.15) is 37.2 Å². The van der Waals surface area contributed by atoms with Crippen LogP contribution < -0.4 is 5.32 Å². The SMILES string of the molecule is CC1CN(C(=O)c2coc(NC(=O)C3CC3)n2)CC(C)O1.